The van der Waals surface area contributed by atoms with E-state index < -0.39 is 0 Å². The number of hydrogen-bond acceptors (Lipinski definition) is 2. The molecule has 24 heavy (non-hydrogen) atoms. The van der Waals surface area contributed by atoms with E-state index >= 15 is 0 Å². The molecule has 1 rings (SSSR count). The van der Waals surface area contributed by atoms with Crippen molar-refractivity contribution in [2.24, 2.45) is 0 Å². The molecule has 0 aliphatic carbocycles. The van der Waals surface area contributed by atoms with Crippen molar-refractivity contribution < 1.29 is 0 Å². The van der Waals surface area contributed by atoms with Gasteiger partial charge in [0, 0.05) is 4.91 Å². The maximum Gasteiger partial charge on any atom is 0.0519 e. The zero-order valence-electron chi connectivity index (χ0n) is 19.0. The van der Waals surface area contributed by atoms with Crippen LogP contribution in [-0.2, 0) is 0 Å². The SMILES string of the molecule is C/C=C1\C(=C/C)SC(C)=C(C)C1SC.C=C.CC.CC.CC.CC. The van der Waals surface area contributed by atoms with E-state index in [1.54, 1.807) is 0 Å². The summed E-state index contributed by atoms with van der Waals surface area (Å²) in [6.07, 6.45) is 6.66. The fourth-order valence-electron chi connectivity index (χ4n) is 1.67. The van der Waals surface area contributed by atoms with Gasteiger partial charge in [-0.15, -0.1) is 13.2 Å². The van der Waals surface area contributed by atoms with Crippen molar-refractivity contribution in [1.29, 1.82) is 0 Å². The zero-order chi connectivity index (χ0) is 20.7. The smallest absolute Gasteiger partial charge is 0.0519 e. The minimum absolute atomic E-state index is 0.562. The van der Waals surface area contributed by atoms with Crippen LogP contribution in [0.5, 0.6) is 0 Å². The van der Waals surface area contributed by atoms with E-state index in [0.717, 1.165) is 0 Å². The van der Waals surface area contributed by atoms with Crippen LogP contribution in [0.1, 0.15) is 83.1 Å². The van der Waals surface area contributed by atoms with E-state index in [9.17, 15) is 0 Å². The Bertz CT molecular complexity index is 323. The second kappa shape index (κ2) is 30.5. The normalized spacial score (nSPS) is 18.1. The Labute approximate surface area is 164 Å². The van der Waals surface area contributed by atoms with Gasteiger partial charge in [0.15, 0.2) is 0 Å². The molecule has 0 N–H and O–H groups in total. The van der Waals surface area contributed by atoms with Gasteiger partial charge in [0.1, 0.15) is 0 Å². The number of allylic oxidation sites excluding steroid dienone is 4. The Balaban J connectivity index is -0.000000103. The summed E-state index contributed by atoms with van der Waals surface area (Å²) in [4.78, 5) is 2.89. The third-order valence-electron chi connectivity index (χ3n) is 2.59. The first-order valence-electron chi connectivity index (χ1n) is 9.36. The molecule has 1 atom stereocenters. The molecule has 0 saturated heterocycles. The number of thioether (sulfide) groups is 2. The summed E-state index contributed by atoms with van der Waals surface area (Å²) < 4.78 is 0. The van der Waals surface area contributed by atoms with E-state index in [0.29, 0.717) is 5.25 Å². The highest BCUT2D eigenvalue weighted by atomic mass is 32.2. The highest BCUT2D eigenvalue weighted by molar-refractivity contribution is 8.07. The summed E-state index contributed by atoms with van der Waals surface area (Å²) >= 11 is 3.83. The van der Waals surface area contributed by atoms with Crippen molar-refractivity contribution in [2.75, 3.05) is 6.26 Å². The third kappa shape index (κ3) is 14.0. The van der Waals surface area contributed by atoms with Crippen molar-refractivity contribution in [3.05, 3.63) is 46.3 Å². The van der Waals surface area contributed by atoms with Crippen LogP contribution in [0.2, 0.25) is 0 Å². The van der Waals surface area contributed by atoms with Gasteiger partial charge in [-0.2, -0.15) is 11.8 Å². The summed E-state index contributed by atoms with van der Waals surface area (Å²) in [5, 5.41) is 0.562. The molecule has 0 aromatic rings. The first-order chi connectivity index (χ1) is 11.7. The van der Waals surface area contributed by atoms with Gasteiger partial charge in [-0.1, -0.05) is 79.3 Å². The van der Waals surface area contributed by atoms with Crippen LogP contribution >= 0.6 is 23.5 Å². The van der Waals surface area contributed by atoms with Gasteiger partial charge in [0.05, 0.1) is 5.25 Å². The average Bonchev–Trinajstić information content (AvgIpc) is 2.71. The predicted molar refractivity (Wildman–Crippen MR) is 127 cm³/mol. The van der Waals surface area contributed by atoms with Gasteiger partial charge in [-0.25, -0.2) is 0 Å². The molecule has 1 unspecified atom stereocenters. The van der Waals surface area contributed by atoms with Gasteiger partial charge in [-0.05, 0) is 50.0 Å². The molecular formula is C22H46S2. The van der Waals surface area contributed by atoms with Gasteiger partial charge < -0.3 is 0 Å². The molecule has 0 saturated carbocycles. The molecule has 0 spiro atoms. The zero-order valence-corrected chi connectivity index (χ0v) is 20.6. The fourth-order valence-corrected chi connectivity index (χ4v) is 3.95. The van der Waals surface area contributed by atoms with Crippen LogP contribution in [0.3, 0.4) is 0 Å². The van der Waals surface area contributed by atoms with Crippen LogP contribution in [0.15, 0.2) is 46.3 Å². The Morgan fingerprint density at radius 1 is 0.833 bits per heavy atom. The lowest BCUT2D eigenvalue weighted by Gasteiger charge is -2.28. The lowest BCUT2D eigenvalue weighted by molar-refractivity contribution is 1.13. The first-order valence-corrected chi connectivity index (χ1v) is 11.5. The van der Waals surface area contributed by atoms with Crippen molar-refractivity contribution in [1.82, 2.24) is 0 Å². The molecule has 0 fully saturated rings. The minimum atomic E-state index is 0.562. The van der Waals surface area contributed by atoms with E-state index in [1.807, 2.05) is 78.9 Å². The second-order valence-electron chi connectivity index (χ2n) is 3.35. The van der Waals surface area contributed by atoms with Crippen molar-refractivity contribution >= 4 is 23.5 Å². The lowest BCUT2D eigenvalue weighted by atomic mass is 10.0. The van der Waals surface area contributed by atoms with Crippen molar-refractivity contribution in [3.8, 4) is 0 Å². The maximum absolute atomic E-state index is 3.00. The summed E-state index contributed by atoms with van der Waals surface area (Å²) in [6, 6.07) is 0. The van der Waals surface area contributed by atoms with Gasteiger partial charge in [-0.3, -0.25) is 0 Å². The van der Waals surface area contributed by atoms with Gasteiger partial charge in [0.2, 0.25) is 0 Å². The largest absolute Gasteiger partial charge is 0.153 e. The highest BCUT2D eigenvalue weighted by Crippen LogP contribution is 2.45. The monoisotopic (exact) mass is 374 g/mol. The Hall–Kier alpha value is -0.340. The third-order valence-corrected chi connectivity index (χ3v) is 4.99. The molecule has 1 heterocycles. The molecule has 146 valence electrons. The first kappa shape index (κ1) is 34.9. The van der Waals surface area contributed by atoms with Crippen LogP contribution in [0, 0.1) is 0 Å². The van der Waals surface area contributed by atoms with Crippen LogP contribution in [0.4, 0.5) is 0 Å². The van der Waals surface area contributed by atoms with Gasteiger partial charge >= 0.3 is 0 Å². The average molecular weight is 375 g/mol. The van der Waals surface area contributed by atoms with Crippen LogP contribution in [-0.4, -0.2) is 11.5 Å². The van der Waals surface area contributed by atoms with Crippen molar-refractivity contribution in [3.63, 3.8) is 0 Å². The van der Waals surface area contributed by atoms with E-state index in [-0.39, 0.29) is 0 Å². The summed E-state index contributed by atoms with van der Waals surface area (Å²) in [5.41, 5.74) is 2.99. The Morgan fingerprint density at radius 2 is 1.21 bits per heavy atom. The molecule has 2 heteroatoms. The van der Waals surface area contributed by atoms with Gasteiger partial charge in [0.25, 0.3) is 0 Å². The molecule has 0 bridgehead atoms. The second-order valence-corrected chi connectivity index (χ2v) is 5.55. The summed E-state index contributed by atoms with van der Waals surface area (Å²) in [5.74, 6) is 0. The fraction of sp³-hybridized carbons (Fsp3) is 0.636. The Morgan fingerprint density at radius 3 is 1.46 bits per heavy atom. The lowest BCUT2D eigenvalue weighted by Crippen LogP contribution is -2.14. The van der Waals surface area contributed by atoms with Crippen LogP contribution in [0.25, 0.3) is 0 Å². The summed E-state index contributed by atoms with van der Waals surface area (Å²) in [6.45, 7) is 30.7. The topological polar surface area (TPSA) is 0 Å². The summed E-state index contributed by atoms with van der Waals surface area (Å²) in [7, 11) is 0. The molecule has 0 amide bonds. The molecule has 0 nitrogen and oxygen atoms in total. The van der Waals surface area contributed by atoms with Crippen LogP contribution < -0.4 is 0 Å². The number of rotatable bonds is 1. The Kier molecular flexibility index (Phi) is 44.4. The molecule has 0 aromatic carbocycles. The van der Waals surface area contributed by atoms with E-state index in [1.165, 1.54) is 21.0 Å². The predicted octanol–water partition coefficient (Wildman–Crippen LogP) is 9.52. The van der Waals surface area contributed by atoms with E-state index in [4.69, 9.17) is 0 Å². The molecule has 1 aliphatic heterocycles. The standard InChI is InChI=1S/C12H18S2.4C2H6.C2H4/c1-6-10-11(7-2)14-9(4)8(3)12(10)13-5;5*1-2/h6-7,12H,1-5H3;4*1-2H3;1-2H2/b10-6+,11-7+;;;;;. The number of hydrogen-bond donors (Lipinski definition) is 0. The molecule has 0 aromatic heterocycles. The minimum Gasteiger partial charge on any atom is -0.153 e. The quantitative estimate of drug-likeness (QED) is 0.419. The maximum atomic E-state index is 3.00. The highest BCUT2D eigenvalue weighted by Gasteiger charge is 2.24. The van der Waals surface area contributed by atoms with E-state index in [2.05, 4.69) is 59.3 Å². The molecular weight excluding hydrogens is 328 g/mol. The molecule has 1 aliphatic rings. The van der Waals surface area contributed by atoms with Crippen molar-refractivity contribution in [2.45, 2.75) is 88.3 Å². The molecule has 0 radical (unpaired) electrons.